The number of ether oxygens (including phenoxy) is 1. The molecule has 1 N–H and O–H groups in total. The second-order valence-corrected chi connectivity index (χ2v) is 5.60. The van der Waals surface area contributed by atoms with Crippen molar-refractivity contribution in [3.8, 4) is 0 Å². The second-order valence-electron chi connectivity index (χ2n) is 5.60. The van der Waals surface area contributed by atoms with Gasteiger partial charge in [-0.3, -0.25) is 4.79 Å². The number of Topliss-reactive ketones (excluding diaryl/α,β-unsaturated/α-hetero) is 1. The number of hydrogen-bond acceptors (Lipinski definition) is 4. The fourth-order valence-corrected chi connectivity index (χ4v) is 2.06. The van der Waals surface area contributed by atoms with Gasteiger partial charge < -0.3 is 14.6 Å². The van der Waals surface area contributed by atoms with Crippen molar-refractivity contribution in [1.29, 1.82) is 0 Å². The summed E-state index contributed by atoms with van der Waals surface area (Å²) in [5, 5.41) is 9.73. The van der Waals surface area contributed by atoms with Crippen LogP contribution < -0.4 is 0 Å². The van der Waals surface area contributed by atoms with Crippen LogP contribution in [0.1, 0.15) is 65.2 Å². The van der Waals surface area contributed by atoms with E-state index < -0.39 is 6.10 Å². The second kappa shape index (κ2) is 38.2. The van der Waals surface area contributed by atoms with E-state index in [1.807, 2.05) is 6.08 Å². The summed E-state index contributed by atoms with van der Waals surface area (Å²) in [6, 6.07) is 0. The first-order valence-electron chi connectivity index (χ1n) is 9.17. The monoisotopic (exact) mass is 462 g/mol. The van der Waals surface area contributed by atoms with E-state index in [1.165, 1.54) is 12.9 Å². The zero-order chi connectivity index (χ0) is 23.3. The Morgan fingerprint density at radius 1 is 1.07 bits per heavy atom. The van der Waals surface area contributed by atoms with E-state index in [2.05, 4.69) is 33.8 Å². The molecule has 0 saturated carbocycles. The van der Waals surface area contributed by atoms with Gasteiger partial charge in [0.25, 0.3) is 0 Å². The molecular formula is C22H30FeO7+. The minimum Gasteiger partial charge on any atom is 2.00 e. The van der Waals surface area contributed by atoms with Crippen molar-refractivity contribution < 1.29 is 50.5 Å². The van der Waals surface area contributed by atoms with Crippen LogP contribution in [0.15, 0.2) is 12.2 Å². The molecule has 0 fully saturated rings. The van der Waals surface area contributed by atoms with Crippen molar-refractivity contribution in [3.63, 3.8) is 0 Å². The van der Waals surface area contributed by atoms with Crippen LogP contribution in [0.3, 0.4) is 0 Å². The minimum absolute atomic E-state index is 0. The molecule has 0 heterocycles. The number of carbonyl (C=O) groups is 1. The average Bonchev–Trinajstić information content (AvgIpc) is 2.75. The summed E-state index contributed by atoms with van der Waals surface area (Å²) in [5.41, 5.74) is 0. The van der Waals surface area contributed by atoms with Gasteiger partial charge in [-0.15, -0.1) is 0 Å². The van der Waals surface area contributed by atoms with Gasteiger partial charge in [-0.2, -0.15) is 0 Å². The number of aliphatic hydroxyl groups is 1. The van der Waals surface area contributed by atoms with Gasteiger partial charge in [0.15, 0.2) is 0 Å². The van der Waals surface area contributed by atoms with Crippen LogP contribution in [0.25, 0.3) is 0 Å². The molecule has 167 valence electrons. The molecule has 0 amide bonds. The van der Waals surface area contributed by atoms with Crippen LogP contribution in [0, 0.1) is 39.2 Å². The van der Waals surface area contributed by atoms with Crippen LogP contribution in [0.5, 0.6) is 0 Å². The van der Waals surface area contributed by atoms with Crippen LogP contribution >= 0.6 is 0 Å². The van der Waals surface area contributed by atoms with Crippen LogP contribution in [0.4, 0.5) is 0 Å². The van der Waals surface area contributed by atoms with Crippen molar-refractivity contribution in [3.05, 3.63) is 51.4 Å². The van der Waals surface area contributed by atoms with Gasteiger partial charge in [-0.1, -0.05) is 58.2 Å². The number of allylic oxidation sites excluding steroid dienone is 1. The molecule has 0 saturated heterocycles. The average molecular weight is 462 g/mol. The van der Waals surface area contributed by atoms with E-state index in [0.717, 1.165) is 44.9 Å². The Hall–Kier alpha value is -1.42. The Kier molecular flexibility index (Phi) is 49.8. The Morgan fingerprint density at radius 3 is 2.13 bits per heavy atom. The van der Waals surface area contributed by atoms with E-state index in [9.17, 15) is 14.7 Å². The zero-order valence-electron chi connectivity index (χ0n) is 17.4. The smallest absolute Gasteiger partial charge is 2.00 e. The molecule has 0 aliphatic rings. The predicted octanol–water partition coefficient (Wildman–Crippen LogP) is 3.58. The maximum absolute atomic E-state index is 11.7. The van der Waals surface area contributed by atoms with Gasteiger partial charge in [0.1, 0.15) is 5.78 Å². The molecule has 0 unspecified atom stereocenters. The van der Waals surface area contributed by atoms with Gasteiger partial charge in [0.2, 0.25) is 0 Å². The molecule has 0 aromatic rings. The summed E-state index contributed by atoms with van der Waals surface area (Å²) in [7, 11) is 0. The van der Waals surface area contributed by atoms with Crippen molar-refractivity contribution in [2.75, 3.05) is 0 Å². The molecule has 30 heavy (non-hydrogen) atoms. The van der Waals surface area contributed by atoms with E-state index in [0.29, 0.717) is 0 Å². The third-order valence-electron chi connectivity index (χ3n) is 3.39. The third-order valence-corrected chi connectivity index (χ3v) is 3.39. The number of unbranched alkanes of at least 4 members (excludes halogenated alkanes) is 4. The summed E-state index contributed by atoms with van der Waals surface area (Å²) < 4.78 is 27.3. The number of ketones is 1. The molecule has 0 rings (SSSR count). The predicted molar refractivity (Wildman–Crippen MR) is 104 cm³/mol. The molecule has 0 aliphatic heterocycles. The maximum atomic E-state index is 11.7. The molecule has 2 atom stereocenters. The first-order valence-corrected chi connectivity index (χ1v) is 9.17. The quantitative estimate of drug-likeness (QED) is 0.124. The zero-order valence-corrected chi connectivity index (χ0v) is 18.6. The first kappa shape index (κ1) is 39.1. The van der Waals surface area contributed by atoms with E-state index in [1.54, 1.807) is 18.9 Å². The summed E-state index contributed by atoms with van der Waals surface area (Å²) in [6.07, 6.45) is 14.2. The summed E-state index contributed by atoms with van der Waals surface area (Å²) in [5.74, 6) is -0.156. The SMILES string of the molecule is CCCC/C=C/[C@H](O)CC(=O)[CH][CH][CH][C@@H](CCCCC)O[C-]=O.[C-]#[O+].[C-]#[O+].[C-]#[O+].[Fe+2]. The van der Waals surface area contributed by atoms with E-state index >= 15 is 0 Å². The molecule has 0 aromatic heterocycles. The van der Waals surface area contributed by atoms with E-state index in [-0.39, 0.29) is 35.4 Å². The molecule has 3 radical (unpaired) electrons. The molecule has 7 nitrogen and oxygen atoms in total. The maximum Gasteiger partial charge on any atom is 2.00 e. The Labute approximate surface area is 191 Å². The summed E-state index contributed by atoms with van der Waals surface area (Å²) in [6.45, 7) is 19.2. The fourth-order valence-electron chi connectivity index (χ4n) is 2.06. The van der Waals surface area contributed by atoms with Crippen molar-refractivity contribution in [1.82, 2.24) is 0 Å². The topological polar surface area (TPSA) is 123 Å². The molecule has 0 aliphatic carbocycles. The van der Waals surface area contributed by atoms with Crippen molar-refractivity contribution >= 4 is 12.3 Å². The Bertz CT molecular complexity index is 430. The standard InChI is InChI=1S/C19H30O4.3CO.Fe/c1-3-5-7-9-11-17(21)15-18(22)12-10-14-19(23-16-20)13-8-6-4-2;3*1-2;/h9-12,14,17,19,21H,3-8,13,15H2,1-2H3;;;;/q-1;;;;+2/b11-9+;;;;/t17-,19+;;;;/m0..../s1. The number of hydrogen-bond donors (Lipinski definition) is 1. The van der Waals surface area contributed by atoms with E-state index in [4.69, 9.17) is 18.7 Å². The number of aliphatic hydroxyl groups excluding tert-OH is 1. The van der Waals surface area contributed by atoms with Crippen molar-refractivity contribution in [2.24, 2.45) is 0 Å². The molecule has 8 heteroatoms. The summed E-state index contributed by atoms with van der Waals surface area (Å²) in [4.78, 5) is 22.1. The minimum atomic E-state index is -0.746. The summed E-state index contributed by atoms with van der Waals surface area (Å²) >= 11 is 0. The van der Waals surface area contributed by atoms with Gasteiger partial charge in [-0.25, -0.2) is 0 Å². The van der Waals surface area contributed by atoms with Crippen molar-refractivity contribution in [2.45, 2.75) is 77.4 Å². The first-order chi connectivity index (χ1) is 14.1. The molecule has 0 spiro atoms. The fraction of sp³-hybridized carbons (Fsp3) is 0.545. The normalized spacial score (nSPS) is 10.8. The van der Waals surface area contributed by atoms with Gasteiger partial charge >= 0.3 is 51.0 Å². The van der Waals surface area contributed by atoms with Crippen LogP contribution in [-0.2, 0) is 45.4 Å². The third kappa shape index (κ3) is 34.1. The van der Waals surface area contributed by atoms with Gasteiger partial charge in [0, 0.05) is 19.3 Å². The Morgan fingerprint density at radius 2 is 1.63 bits per heavy atom. The van der Waals surface area contributed by atoms with Crippen LogP contribution in [-0.4, -0.2) is 29.6 Å². The number of rotatable bonds is 16. The molecule has 0 aromatic carbocycles. The Balaban J connectivity index is -0.000000271. The van der Waals surface area contributed by atoms with Crippen LogP contribution in [0.2, 0.25) is 0 Å². The molecule has 0 bridgehead atoms. The largest absolute Gasteiger partial charge is 2.00 e. The van der Waals surface area contributed by atoms with Gasteiger partial charge in [0.05, 0.1) is 12.2 Å². The number of carbonyl (C=O) groups excluding carboxylic acids is 2. The molecular weight excluding hydrogens is 432 g/mol. The van der Waals surface area contributed by atoms with Gasteiger partial charge in [-0.05, 0) is 25.7 Å².